The predicted octanol–water partition coefficient (Wildman–Crippen LogP) is 2.65. The van der Waals surface area contributed by atoms with Gasteiger partial charge in [0.05, 0.1) is 11.3 Å². The maximum atomic E-state index is 12.3. The Hall–Kier alpha value is -2.87. The lowest BCUT2D eigenvalue weighted by Gasteiger charge is -2.20. The van der Waals surface area contributed by atoms with E-state index >= 15 is 0 Å². The molecule has 2 heterocycles. The summed E-state index contributed by atoms with van der Waals surface area (Å²) in [5, 5.41) is 16.8. The quantitative estimate of drug-likeness (QED) is 0.537. The number of nitrogens with zero attached hydrogens (tertiary/aromatic N) is 3. The van der Waals surface area contributed by atoms with Gasteiger partial charge < -0.3 is 9.67 Å². The molecule has 0 fully saturated rings. The Morgan fingerprint density at radius 3 is 2.52 bits per heavy atom. The summed E-state index contributed by atoms with van der Waals surface area (Å²) in [4.78, 5) is 27.5. The van der Waals surface area contributed by atoms with Crippen molar-refractivity contribution in [2.75, 3.05) is 0 Å². The summed E-state index contributed by atoms with van der Waals surface area (Å²) in [5.41, 5.74) is 1.56. The molecule has 0 spiro atoms. The number of benzene rings is 1. The first-order valence-corrected chi connectivity index (χ1v) is 7.98. The molecule has 2 N–H and O–H groups in total. The summed E-state index contributed by atoms with van der Waals surface area (Å²) in [6.45, 7) is 3.14. The summed E-state index contributed by atoms with van der Waals surface area (Å²) in [6, 6.07) is 8.14. The second-order valence-corrected chi connectivity index (χ2v) is 6.11. The Kier molecular flexibility index (Phi) is 4.45. The molecule has 1 aromatic carbocycles. The molecule has 9 heteroatoms. The fraction of sp³-hybridized carbons (Fsp3) is 0.250. The molecule has 0 amide bonds. The normalized spacial score (nSPS) is 13.6. The summed E-state index contributed by atoms with van der Waals surface area (Å²) in [5.74, 6) is -0.861. The molecule has 0 saturated carbocycles. The molecule has 8 nitrogen and oxygen atoms in total. The minimum atomic E-state index is -1.08. The number of hydrogen-bond acceptors (Lipinski definition) is 4. The third-order valence-corrected chi connectivity index (χ3v) is 4.52. The number of H-pyrrole nitrogens is 2. The molecule has 2 unspecified atom stereocenters. The molecule has 3 rings (SSSR count). The second kappa shape index (κ2) is 6.56. The zero-order valence-electron chi connectivity index (χ0n) is 13.6. The highest BCUT2D eigenvalue weighted by Crippen LogP contribution is 2.34. The smallest absolute Gasteiger partial charge is 0.268 e. The SMILES string of the molecule is Cc1[nH][nH]c(=O)c1C(c1c(Cl)ncn1-c1ccccc1)C(C)[N+](=O)[O-]. The summed E-state index contributed by atoms with van der Waals surface area (Å²) in [7, 11) is 0. The molecule has 0 aliphatic rings. The van der Waals surface area contributed by atoms with Gasteiger partial charge in [-0.1, -0.05) is 29.8 Å². The van der Waals surface area contributed by atoms with Crippen LogP contribution in [-0.2, 0) is 0 Å². The van der Waals surface area contributed by atoms with Gasteiger partial charge in [-0.2, -0.15) is 0 Å². The number of aromatic nitrogens is 4. The van der Waals surface area contributed by atoms with Crippen molar-refractivity contribution >= 4 is 11.6 Å². The van der Waals surface area contributed by atoms with Crippen LogP contribution in [-0.4, -0.2) is 30.7 Å². The number of para-hydroxylation sites is 1. The van der Waals surface area contributed by atoms with Gasteiger partial charge in [-0.25, -0.2) is 4.98 Å². The van der Waals surface area contributed by atoms with Crippen molar-refractivity contribution in [3.05, 3.63) is 79.2 Å². The van der Waals surface area contributed by atoms with Gasteiger partial charge in [0, 0.05) is 23.2 Å². The van der Waals surface area contributed by atoms with Crippen molar-refractivity contribution in [3.63, 3.8) is 0 Å². The van der Waals surface area contributed by atoms with E-state index in [-0.39, 0.29) is 10.7 Å². The van der Waals surface area contributed by atoms with Crippen molar-refractivity contribution in [2.45, 2.75) is 25.8 Å². The van der Waals surface area contributed by atoms with Crippen molar-refractivity contribution in [1.82, 2.24) is 19.7 Å². The van der Waals surface area contributed by atoms with Crippen LogP contribution in [0.25, 0.3) is 5.69 Å². The molecular formula is C16H16ClN5O3. The molecular weight excluding hydrogens is 346 g/mol. The van der Waals surface area contributed by atoms with Crippen LogP contribution in [0.3, 0.4) is 0 Å². The van der Waals surface area contributed by atoms with Gasteiger partial charge >= 0.3 is 0 Å². The van der Waals surface area contributed by atoms with Crippen molar-refractivity contribution < 1.29 is 4.92 Å². The Morgan fingerprint density at radius 2 is 1.96 bits per heavy atom. The van der Waals surface area contributed by atoms with Gasteiger partial charge in [0.2, 0.25) is 6.04 Å². The average Bonchev–Trinajstić information content (AvgIpc) is 3.13. The molecule has 0 saturated heterocycles. The standard InChI is InChI=1S/C16H16ClN5O3/c1-9-12(16(23)20-19-9)13(10(2)22(24)25)14-15(17)18-8-21(14)11-6-4-3-5-7-11/h3-8,10,13H,1-2H3,(H2,19,20,23). The van der Waals surface area contributed by atoms with Gasteiger partial charge in [0.15, 0.2) is 5.15 Å². The number of aromatic amines is 2. The van der Waals surface area contributed by atoms with Crippen LogP contribution in [0.4, 0.5) is 0 Å². The van der Waals surface area contributed by atoms with Crippen LogP contribution in [0.2, 0.25) is 5.15 Å². The van der Waals surface area contributed by atoms with E-state index in [1.807, 2.05) is 30.3 Å². The van der Waals surface area contributed by atoms with E-state index < -0.39 is 22.4 Å². The highest BCUT2D eigenvalue weighted by molar-refractivity contribution is 6.30. The maximum Gasteiger partial charge on any atom is 0.268 e. The van der Waals surface area contributed by atoms with Gasteiger partial charge in [-0.3, -0.25) is 20.0 Å². The van der Waals surface area contributed by atoms with Gasteiger partial charge in [-0.05, 0) is 19.1 Å². The summed E-state index contributed by atoms with van der Waals surface area (Å²) in [6.07, 6.45) is 1.50. The topological polar surface area (TPSA) is 110 Å². The molecule has 0 bridgehead atoms. The predicted molar refractivity (Wildman–Crippen MR) is 93.0 cm³/mol. The molecule has 2 atom stereocenters. The molecule has 2 aromatic heterocycles. The number of hydrogen-bond donors (Lipinski definition) is 2. The maximum absolute atomic E-state index is 12.3. The molecule has 3 aromatic rings. The summed E-state index contributed by atoms with van der Waals surface area (Å²) < 4.78 is 1.68. The number of nitro groups is 1. The van der Waals surface area contributed by atoms with Gasteiger partial charge in [0.25, 0.3) is 5.56 Å². The Bertz CT molecular complexity index is 960. The van der Waals surface area contributed by atoms with Crippen LogP contribution in [0, 0.1) is 17.0 Å². The third kappa shape index (κ3) is 2.96. The highest BCUT2D eigenvalue weighted by Gasteiger charge is 2.38. The van der Waals surface area contributed by atoms with Crippen molar-refractivity contribution in [3.8, 4) is 5.69 Å². The molecule has 25 heavy (non-hydrogen) atoms. The molecule has 0 aliphatic carbocycles. The largest absolute Gasteiger partial charge is 0.302 e. The molecule has 130 valence electrons. The number of rotatable bonds is 5. The minimum absolute atomic E-state index is 0.127. The molecule has 0 radical (unpaired) electrons. The lowest BCUT2D eigenvalue weighted by molar-refractivity contribution is -0.520. The van der Waals surface area contributed by atoms with Crippen LogP contribution in [0.1, 0.15) is 29.8 Å². The second-order valence-electron chi connectivity index (χ2n) is 5.75. The Balaban J connectivity index is 2.27. The number of imidazole rings is 1. The minimum Gasteiger partial charge on any atom is -0.302 e. The Morgan fingerprint density at radius 1 is 1.28 bits per heavy atom. The van der Waals surface area contributed by atoms with Crippen molar-refractivity contribution in [2.24, 2.45) is 0 Å². The third-order valence-electron chi connectivity index (χ3n) is 4.22. The Labute approximate surface area is 147 Å². The highest BCUT2D eigenvalue weighted by atomic mass is 35.5. The summed E-state index contributed by atoms with van der Waals surface area (Å²) >= 11 is 6.28. The molecule has 0 aliphatic heterocycles. The average molecular weight is 362 g/mol. The van der Waals surface area contributed by atoms with Crippen LogP contribution in [0.5, 0.6) is 0 Å². The fourth-order valence-corrected chi connectivity index (χ4v) is 3.22. The van der Waals surface area contributed by atoms with Gasteiger partial charge in [-0.15, -0.1) is 0 Å². The fourth-order valence-electron chi connectivity index (χ4n) is 2.97. The first-order chi connectivity index (χ1) is 11.9. The van der Waals surface area contributed by atoms with E-state index in [4.69, 9.17) is 11.6 Å². The van der Waals surface area contributed by atoms with E-state index in [0.717, 1.165) is 5.69 Å². The number of halogens is 1. The van der Waals surface area contributed by atoms with Crippen LogP contribution in [0.15, 0.2) is 41.5 Å². The monoisotopic (exact) mass is 361 g/mol. The first-order valence-electron chi connectivity index (χ1n) is 7.60. The van der Waals surface area contributed by atoms with Crippen LogP contribution >= 0.6 is 11.6 Å². The number of nitrogens with one attached hydrogen (secondary N) is 2. The zero-order chi connectivity index (χ0) is 18.1. The first kappa shape index (κ1) is 17.0. The lowest BCUT2D eigenvalue weighted by atomic mass is 9.90. The van der Waals surface area contributed by atoms with E-state index in [2.05, 4.69) is 15.2 Å². The van der Waals surface area contributed by atoms with E-state index in [9.17, 15) is 14.9 Å². The van der Waals surface area contributed by atoms with Gasteiger partial charge in [0.1, 0.15) is 12.2 Å². The zero-order valence-corrected chi connectivity index (χ0v) is 14.3. The number of aryl methyl sites for hydroxylation is 1. The van der Waals surface area contributed by atoms with E-state index in [1.54, 1.807) is 11.5 Å². The van der Waals surface area contributed by atoms with E-state index in [0.29, 0.717) is 11.4 Å². The van der Waals surface area contributed by atoms with E-state index in [1.165, 1.54) is 13.3 Å². The lowest BCUT2D eigenvalue weighted by Crippen LogP contribution is -2.30. The van der Waals surface area contributed by atoms with Crippen LogP contribution < -0.4 is 5.56 Å². The van der Waals surface area contributed by atoms with Crippen molar-refractivity contribution in [1.29, 1.82) is 0 Å².